The Morgan fingerprint density at radius 1 is 1.15 bits per heavy atom. The van der Waals surface area contributed by atoms with E-state index in [-0.39, 0.29) is 5.69 Å². The zero-order valence-corrected chi connectivity index (χ0v) is 14.7. The number of halogens is 3. The number of urea groups is 1. The molecule has 1 saturated heterocycles. The summed E-state index contributed by atoms with van der Waals surface area (Å²) in [5, 5.41) is 5.22. The molecule has 144 valence electrons. The van der Waals surface area contributed by atoms with Crippen LogP contribution in [0.1, 0.15) is 18.4 Å². The number of rotatable bonds is 4. The van der Waals surface area contributed by atoms with E-state index in [4.69, 9.17) is 0 Å². The Labute approximate surface area is 155 Å². The third kappa shape index (κ3) is 5.35. The number of nitrogens with zero attached hydrogens (tertiary/aromatic N) is 2. The number of anilines is 2. The molecule has 0 aliphatic carbocycles. The van der Waals surface area contributed by atoms with Gasteiger partial charge in [-0.25, -0.2) is 4.79 Å². The number of amides is 2. The lowest BCUT2D eigenvalue weighted by atomic mass is 9.96. The first-order valence-corrected chi connectivity index (χ1v) is 8.79. The van der Waals surface area contributed by atoms with E-state index in [2.05, 4.69) is 20.5 Å². The number of pyridine rings is 1. The summed E-state index contributed by atoms with van der Waals surface area (Å²) in [5.41, 5.74) is 0.470. The van der Waals surface area contributed by atoms with Crippen LogP contribution >= 0.6 is 0 Å². The lowest BCUT2D eigenvalue weighted by Gasteiger charge is -2.33. The number of hydrogen-bond donors (Lipinski definition) is 2. The van der Waals surface area contributed by atoms with Crippen molar-refractivity contribution >= 4 is 17.4 Å². The van der Waals surface area contributed by atoms with Gasteiger partial charge in [-0.1, -0.05) is 6.07 Å². The van der Waals surface area contributed by atoms with Crippen molar-refractivity contribution in [1.82, 2.24) is 10.3 Å². The highest BCUT2D eigenvalue weighted by Gasteiger charge is 2.30. The highest BCUT2D eigenvalue weighted by molar-refractivity contribution is 5.89. The summed E-state index contributed by atoms with van der Waals surface area (Å²) in [6, 6.07) is 8.05. The van der Waals surface area contributed by atoms with Crippen molar-refractivity contribution in [2.75, 3.05) is 29.9 Å². The summed E-state index contributed by atoms with van der Waals surface area (Å²) in [6.45, 7) is 2.28. The number of benzene rings is 1. The van der Waals surface area contributed by atoms with Crippen molar-refractivity contribution in [3.05, 3.63) is 54.4 Å². The molecule has 1 aromatic carbocycles. The van der Waals surface area contributed by atoms with Gasteiger partial charge in [0.2, 0.25) is 0 Å². The van der Waals surface area contributed by atoms with Crippen LogP contribution in [-0.2, 0) is 6.18 Å². The Morgan fingerprint density at radius 2 is 1.85 bits per heavy atom. The first-order chi connectivity index (χ1) is 12.9. The monoisotopic (exact) mass is 378 g/mol. The summed E-state index contributed by atoms with van der Waals surface area (Å²) in [7, 11) is 0. The van der Waals surface area contributed by atoms with Crippen LogP contribution in [0.2, 0.25) is 0 Å². The van der Waals surface area contributed by atoms with Gasteiger partial charge in [0.05, 0.1) is 5.56 Å². The Morgan fingerprint density at radius 3 is 2.52 bits per heavy atom. The number of piperidine rings is 1. The van der Waals surface area contributed by atoms with Gasteiger partial charge in [0, 0.05) is 43.4 Å². The fourth-order valence-electron chi connectivity index (χ4n) is 3.14. The van der Waals surface area contributed by atoms with Crippen LogP contribution < -0.4 is 15.5 Å². The predicted octanol–water partition coefficient (Wildman–Crippen LogP) is 4.14. The maximum atomic E-state index is 12.7. The van der Waals surface area contributed by atoms with Crippen LogP contribution in [0.3, 0.4) is 0 Å². The second-order valence-electron chi connectivity index (χ2n) is 6.55. The molecule has 0 spiro atoms. The van der Waals surface area contributed by atoms with E-state index in [1.165, 1.54) is 12.1 Å². The minimum Gasteiger partial charge on any atom is -0.371 e. The van der Waals surface area contributed by atoms with Crippen molar-refractivity contribution in [1.29, 1.82) is 0 Å². The van der Waals surface area contributed by atoms with Crippen LogP contribution in [0.4, 0.5) is 29.3 Å². The van der Waals surface area contributed by atoms with E-state index >= 15 is 0 Å². The molecule has 2 heterocycles. The molecule has 1 aliphatic rings. The van der Waals surface area contributed by atoms with Gasteiger partial charge in [0.1, 0.15) is 0 Å². The summed E-state index contributed by atoms with van der Waals surface area (Å²) in [6.07, 6.45) is 0.970. The lowest BCUT2D eigenvalue weighted by molar-refractivity contribution is -0.137. The van der Waals surface area contributed by atoms with E-state index in [0.29, 0.717) is 12.5 Å². The number of alkyl halides is 3. The molecule has 2 amide bonds. The van der Waals surface area contributed by atoms with Gasteiger partial charge in [-0.2, -0.15) is 13.2 Å². The van der Waals surface area contributed by atoms with Crippen molar-refractivity contribution in [2.24, 2.45) is 5.92 Å². The average Bonchev–Trinajstić information content (AvgIpc) is 2.67. The summed E-state index contributed by atoms with van der Waals surface area (Å²) >= 11 is 0. The van der Waals surface area contributed by atoms with Gasteiger partial charge in [0.25, 0.3) is 0 Å². The molecule has 0 atom stereocenters. The molecule has 2 aromatic rings. The van der Waals surface area contributed by atoms with E-state index in [9.17, 15) is 18.0 Å². The molecular formula is C19H21F3N4O. The molecule has 8 heteroatoms. The molecule has 5 nitrogen and oxygen atoms in total. The maximum absolute atomic E-state index is 12.7. The molecule has 2 N–H and O–H groups in total. The fourth-order valence-corrected chi connectivity index (χ4v) is 3.14. The molecule has 0 radical (unpaired) electrons. The Kier molecular flexibility index (Phi) is 5.83. The summed E-state index contributed by atoms with van der Waals surface area (Å²) in [5.74, 6) is 0.343. The van der Waals surface area contributed by atoms with Crippen molar-refractivity contribution < 1.29 is 18.0 Å². The van der Waals surface area contributed by atoms with Crippen molar-refractivity contribution in [3.63, 3.8) is 0 Å². The zero-order valence-electron chi connectivity index (χ0n) is 14.7. The van der Waals surface area contributed by atoms with Crippen LogP contribution in [-0.4, -0.2) is 30.6 Å². The second kappa shape index (κ2) is 8.28. The van der Waals surface area contributed by atoms with Gasteiger partial charge in [-0.3, -0.25) is 4.98 Å². The number of hydrogen-bond acceptors (Lipinski definition) is 3. The normalized spacial score (nSPS) is 15.4. The molecule has 0 saturated carbocycles. The van der Waals surface area contributed by atoms with E-state index in [1.807, 2.05) is 12.1 Å². The number of carbonyl (C=O) groups excluding carboxylic acids is 1. The van der Waals surface area contributed by atoms with Crippen LogP contribution in [0, 0.1) is 5.92 Å². The average molecular weight is 378 g/mol. The van der Waals surface area contributed by atoms with Crippen LogP contribution in [0.25, 0.3) is 0 Å². The highest BCUT2D eigenvalue weighted by Crippen LogP contribution is 2.30. The summed E-state index contributed by atoms with van der Waals surface area (Å²) < 4.78 is 38.1. The largest absolute Gasteiger partial charge is 0.416 e. The van der Waals surface area contributed by atoms with Crippen LogP contribution in [0.15, 0.2) is 48.8 Å². The Balaban J connectivity index is 1.44. The van der Waals surface area contributed by atoms with E-state index < -0.39 is 17.8 Å². The van der Waals surface area contributed by atoms with Gasteiger partial charge in [-0.15, -0.1) is 0 Å². The molecule has 0 unspecified atom stereocenters. The smallest absolute Gasteiger partial charge is 0.371 e. The van der Waals surface area contributed by atoms with Gasteiger partial charge >= 0.3 is 12.2 Å². The molecule has 1 aliphatic heterocycles. The van der Waals surface area contributed by atoms with Gasteiger partial charge < -0.3 is 15.5 Å². The minimum absolute atomic E-state index is 0.120. The minimum atomic E-state index is -4.43. The topological polar surface area (TPSA) is 57.3 Å². The molecule has 3 rings (SSSR count). The SMILES string of the molecule is O=C(NCC1CCN(c2ccncc2)CC1)Nc1cccc(C(F)(F)F)c1. The standard InChI is InChI=1S/C19H21F3N4O/c20-19(21,22)15-2-1-3-16(12-15)25-18(27)24-13-14-6-10-26(11-7-14)17-4-8-23-9-5-17/h1-5,8-9,12,14H,6-7,10-11,13H2,(H2,24,25,27). The molecular weight excluding hydrogens is 357 g/mol. The van der Waals surface area contributed by atoms with Gasteiger partial charge in [-0.05, 0) is 49.1 Å². The number of carbonyl (C=O) groups is 1. The first kappa shape index (κ1) is 19.0. The maximum Gasteiger partial charge on any atom is 0.416 e. The Hall–Kier alpha value is -2.77. The fraction of sp³-hybridized carbons (Fsp3) is 0.368. The number of nitrogens with one attached hydrogen (secondary N) is 2. The van der Waals surface area contributed by atoms with Crippen molar-refractivity contribution in [2.45, 2.75) is 19.0 Å². The van der Waals surface area contributed by atoms with E-state index in [0.717, 1.165) is 43.8 Å². The zero-order chi connectivity index (χ0) is 19.3. The molecule has 0 bridgehead atoms. The molecule has 1 fully saturated rings. The number of aromatic nitrogens is 1. The third-order valence-corrected chi connectivity index (χ3v) is 4.64. The summed E-state index contributed by atoms with van der Waals surface area (Å²) in [4.78, 5) is 18.3. The molecule has 27 heavy (non-hydrogen) atoms. The van der Waals surface area contributed by atoms with Crippen LogP contribution in [0.5, 0.6) is 0 Å². The van der Waals surface area contributed by atoms with Crippen molar-refractivity contribution in [3.8, 4) is 0 Å². The lowest BCUT2D eigenvalue weighted by Crippen LogP contribution is -2.39. The third-order valence-electron chi connectivity index (χ3n) is 4.64. The first-order valence-electron chi connectivity index (χ1n) is 8.79. The quantitative estimate of drug-likeness (QED) is 0.841. The Bertz CT molecular complexity index is 759. The van der Waals surface area contributed by atoms with Gasteiger partial charge in [0.15, 0.2) is 0 Å². The van der Waals surface area contributed by atoms with E-state index in [1.54, 1.807) is 12.4 Å². The predicted molar refractivity (Wildman–Crippen MR) is 97.6 cm³/mol. The molecule has 1 aromatic heterocycles. The second-order valence-corrected chi connectivity index (χ2v) is 6.55. The highest BCUT2D eigenvalue weighted by atomic mass is 19.4.